The molecule has 0 saturated heterocycles. The smallest absolute Gasteiger partial charge is 0.195 e. The molecule has 146 valence electrons. The predicted octanol–water partition coefficient (Wildman–Crippen LogP) is 8.85. The summed E-state index contributed by atoms with van der Waals surface area (Å²) in [6.45, 7) is 0.0212. The van der Waals surface area contributed by atoms with Crippen LogP contribution in [0.25, 0.3) is 6.08 Å². The van der Waals surface area contributed by atoms with E-state index in [9.17, 15) is 4.79 Å². The first-order valence-electron chi connectivity index (χ1n) is 7.47. The van der Waals surface area contributed by atoms with Crippen LogP contribution in [0.15, 0.2) is 38.5 Å². The third-order valence-corrected chi connectivity index (χ3v) is 7.37. The van der Waals surface area contributed by atoms with Crippen molar-refractivity contribution in [3.05, 3.63) is 75.6 Å². The fourth-order valence-corrected chi connectivity index (χ4v) is 4.68. The number of hydrogen-bond donors (Lipinski definition) is 0. The molecule has 0 N–H and O–H groups in total. The molecule has 3 nitrogen and oxygen atoms in total. The van der Waals surface area contributed by atoms with Crippen LogP contribution in [0.2, 0.25) is 25.1 Å². The third kappa shape index (κ3) is 4.90. The van der Waals surface area contributed by atoms with Crippen molar-refractivity contribution in [2.75, 3.05) is 0 Å². The Hall–Kier alpha value is -0.660. The van der Waals surface area contributed by atoms with Gasteiger partial charge in [-0.25, -0.2) is 0 Å². The normalized spacial score (nSPS) is 11.4. The van der Waals surface area contributed by atoms with Crippen molar-refractivity contribution in [3.8, 4) is 5.75 Å². The van der Waals surface area contributed by atoms with Gasteiger partial charge in [-0.1, -0.05) is 58.0 Å². The van der Waals surface area contributed by atoms with Crippen LogP contribution in [-0.2, 0) is 6.61 Å². The number of furan rings is 1. The van der Waals surface area contributed by atoms with Crippen molar-refractivity contribution in [1.82, 2.24) is 0 Å². The SMILES string of the molecule is O=C(/C=C/c1ccc(COc2c(Cl)c(Cl)c(Cl)c(Cl)c2Cl)o1)c1cc(Br)cs1. The Morgan fingerprint density at radius 1 is 1.07 bits per heavy atom. The quantitative estimate of drug-likeness (QED) is 0.131. The fourth-order valence-electron chi connectivity index (χ4n) is 2.10. The minimum atomic E-state index is -0.117. The Bertz CT molecular complexity index is 1040. The van der Waals surface area contributed by atoms with E-state index in [1.807, 2.05) is 5.38 Å². The van der Waals surface area contributed by atoms with E-state index in [-0.39, 0.29) is 43.3 Å². The number of halogens is 6. The van der Waals surface area contributed by atoms with Gasteiger partial charge < -0.3 is 9.15 Å². The van der Waals surface area contributed by atoms with E-state index in [1.165, 1.54) is 17.4 Å². The van der Waals surface area contributed by atoms with Crippen LogP contribution in [0.5, 0.6) is 5.75 Å². The Morgan fingerprint density at radius 3 is 2.32 bits per heavy atom. The van der Waals surface area contributed by atoms with Crippen LogP contribution in [0.1, 0.15) is 21.2 Å². The number of ketones is 1. The van der Waals surface area contributed by atoms with Crippen LogP contribution < -0.4 is 4.74 Å². The second kappa shape index (κ2) is 9.43. The Morgan fingerprint density at radius 2 is 1.71 bits per heavy atom. The molecule has 28 heavy (non-hydrogen) atoms. The molecule has 3 aromatic rings. The van der Waals surface area contributed by atoms with Gasteiger partial charge in [0, 0.05) is 9.85 Å². The Kier molecular flexibility index (Phi) is 7.42. The first-order chi connectivity index (χ1) is 13.3. The van der Waals surface area contributed by atoms with Gasteiger partial charge in [0.1, 0.15) is 28.2 Å². The zero-order chi connectivity index (χ0) is 20.4. The van der Waals surface area contributed by atoms with Crippen LogP contribution >= 0.6 is 85.3 Å². The number of ether oxygens (including phenoxy) is 1. The number of thiophene rings is 1. The van der Waals surface area contributed by atoms with Crippen molar-refractivity contribution in [2.45, 2.75) is 6.61 Å². The molecular formula is C18H8BrCl5O3S. The highest BCUT2D eigenvalue weighted by Gasteiger charge is 2.21. The summed E-state index contributed by atoms with van der Waals surface area (Å²) in [6, 6.07) is 5.17. The monoisotopic (exact) mass is 558 g/mol. The summed E-state index contributed by atoms with van der Waals surface area (Å²) in [4.78, 5) is 12.7. The summed E-state index contributed by atoms with van der Waals surface area (Å²) >= 11 is 34.9. The molecule has 0 aliphatic rings. The minimum Gasteiger partial charge on any atom is -0.482 e. The van der Waals surface area contributed by atoms with Gasteiger partial charge in [-0.05, 0) is 46.3 Å². The molecule has 0 spiro atoms. The predicted molar refractivity (Wildman–Crippen MR) is 120 cm³/mol. The standard InChI is InChI=1S/C18H8BrCl5O3S/c19-8-5-12(28-7-8)11(25)4-3-9-1-2-10(27-9)6-26-18-16(23)14(21)13(20)15(22)17(18)24/h1-5,7H,6H2/b4-3+. The van der Waals surface area contributed by atoms with E-state index >= 15 is 0 Å². The molecular weight excluding hydrogens is 553 g/mol. The first kappa shape index (κ1) is 22.0. The van der Waals surface area contributed by atoms with Crippen molar-refractivity contribution in [1.29, 1.82) is 0 Å². The maximum absolute atomic E-state index is 12.1. The van der Waals surface area contributed by atoms with Crippen molar-refractivity contribution in [3.63, 3.8) is 0 Å². The average molecular weight is 561 g/mol. The Labute approximate surface area is 197 Å². The van der Waals surface area contributed by atoms with Gasteiger partial charge in [-0.3, -0.25) is 4.79 Å². The number of hydrogen-bond acceptors (Lipinski definition) is 4. The summed E-state index contributed by atoms with van der Waals surface area (Å²) in [7, 11) is 0. The molecule has 1 aromatic carbocycles. The number of carbonyl (C=O) groups is 1. The van der Waals surface area contributed by atoms with Crippen molar-refractivity contribution in [2.24, 2.45) is 0 Å². The van der Waals surface area contributed by atoms with Gasteiger partial charge in [0.2, 0.25) is 0 Å². The van der Waals surface area contributed by atoms with E-state index in [4.69, 9.17) is 67.2 Å². The first-order valence-corrected chi connectivity index (χ1v) is 11.0. The molecule has 0 unspecified atom stereocenters. The minimum absolute atomic E-state index is 0.0212. The van der Waals surface area contributed by atoms with Gasteiger partial charge in [0.25, 0.3) is 0 Å². The Balaban J connectivity index is 1.69. The van der Waals surface area contributed by atoms with E-state index in [0.29, 0.717) is 16.4 Å². The van der Waals surface area contributed by atoms with Gasteiger partial charge in [-0.15, -0.1) is 11.3 Å². The second-order valence-corrected chi connectivity index (χ2v) is 9.04. The number of rotatable bonds is 6. The lowest BCUT2D eigenvalue weighted by atomic mass is 10.3. The summed E-state index contributed by atoms with van der Waals surface area (Å²) in [5, 5.41) is 2.11. The fraction of sp³-hybridized carbons (Fsp3) is 0.0556. The van der Waals surface area contributed by atoms with Gasteiger partial charge in [-0.2, -0.15) is 0 Å². The number of carbonyl (C=O) groups excluding carboxylic acids is 1. The van der Waals surface area contributed by atoms with E-state index in [2.05, 4.69) is 15.9 Å². The zero-order valence-corrected chi connectivity index (χ0v) is 19.8. The highest BCUT2D eigenvalue weighted by atomic mass is 79.9. The molecule has 3 rings (SSSR count). The molecule has 0 bridgehead atoms. The molecule has 0 atom stereocenters. The van der Waals surface area contributed by atoms with Crippen molar-refractivity contribution < 1.29 is 13.9 Å². The summed E-state index contributed by atoms with van der Waals surface area (Å²) in [5.74, 6) is 0.968. The zero-order valence-electron chi connectivity index (χ0n) is 13.6. The van der Waals surface area contributed by atoms with Crippen LogP contribution in [0.4, 0.5) is 0 Å². The molecule has 0 saturated carbocycles. The maximum atomic E-state index is 12.1. The number of benzene rings is 1. The topological polar surface area (TPSA) is 39.4 Å². The molecule has 0 aliphatic carbocycles. The molecule has 0 aliphatic heterocycles. The summed E-state index contributed by atoms with van der Waals surface area (Å²) in [6.07, 6.45) is 3.02. The molecule has 2 aromatic heterocycles. The van der Waals surface area contributed by atoms with E-state index in [0.717, 1.165) is 4.47 Å². The lowest BCUT2D eigenvalue weighted by Crippen LogP contribution is -1.96. The summed E-state index contributed by atoms with van der Waals surface area (Å²) < 4.78 is 12.1. The molecule has 0 fully saturated rings. The third-order valence-electron chi connectivity index (χ3n) is 3.42. The van der Waals surface area contributed by atoms with E-state index < -0.39 is 0 Å². The summed E-state index contributed by atoms with van der Waals surface area (Å²) in [5.41, 5.74) is 0. The average Bonchev–Trinajstić information content (AvgIpc) is 3.32. The molecule has 0 amide bonds. The number of allylic oxidation sites excluding steroid dienone is 1. The van der Waals surface area contributed by atoms with E-state index in [1.54, 1.807) is 24.3 Å². The highest BCUT2D eigenvalue weighted by molar-refractivity contribution is 9.10. The van der Waals surface area contributed by atoms with Gasteiger partial charge >= 0.3 is 0 Å². The van der Waals surface area contributed by atoms with Gasteiger partial charge in [0.15, 0.2) is 11.5 Å². The second-order valence-electron chi connectivity index (χ2n) is 5.32. The lowest BCUT2D eigenvalue weighted by molar-refractivity contribution is 0.105. The highest BCUT2D eigenvalue weighted by Crippen LogP contribution is 2.48. The van der Waals surface area contributed by atoms with Crippen molar-refractivity contribution >= 4 is 97.1 Å². The molecule has 0 radical (unpaired) electrons. The maximum Gasteiger partial charge on any atom is 0.195 e. The molecule has 10 heteroatoms. The largest absolute Gasteiger partial charge is 0.482 e. The van der Waals surface area contributed by atoms with Crippen LogP contribution in [0.3, 0.4) is 0 Å². The van der Waals surface area contributed by atoms with Gasteiger partial charge in [0.05, 0.1) is 19.9 Å². The molecule has 2 heterocycles. The van der Waals surface area contributed by atoms with Crippen LogP contribution in [0, 0.1) is 0 Å². The van der Waals surface area contributed by atoms with Crippen LogP contribution in [-0.4, -0.2) is 5.78 Å². The lowest BCUT2D eigenvalue weighted by Gasteiger charge is -2.12.